The van der Waals surface area contributed by atoms with E-state index in [2.05, 4.69) is 5.32 Å². The van der Waals surface area contributed by atoms with Crippen LogP contribution in [0.15, 0.2) is 48.5 Å². The van der Waals surface area contributed by atoms with Gasteiger partial charge in [0.15, 0.2) is 5.60 Å². The zero-order chi connectivity index (χ0) is 21.7. The second-order valence-electron chi connectivity index (χ2n) is 7.78. The van der Waals surface area contributed by atoms with Gasteiger partial charge < -0.3 is 19.7 Å². The number of nitrogens with zero attached hydrogens (tertiary/aromatic N) is 1. The number of nitrogens with one attached hydrogen (secondary N) is 1. The van der Waals surface area contributed by atoms with Gasteiger partial charge >= 0.3 is 0 Å². The summed E-state index contributed by atoms with van der Waals surface area (Å²) < 4.78 is 11.3. The number of rotatable bonds is 8. The van der Waals surface area contributed by atoms with Crippen LogP contribution in [0.5, 0.6) is 11.5 Å². The zero-order valence-corrected chi connectivity index (χ0v) is 18.2. The highest BCUT2D eigenvalue weighted by Gasteiger charge is 2.34. The summed E-state index contributed by atoms with van der Waals surface area (Å²) in [6.07, 6.45) is 0.395. The average molecular weight is 431 g/mol. The quantitative estimate of drug-likeness (QED) is 0.685. The number of anilines is 1. The van der Waals surface area contributed by atoms with Gasteiger partial charge in [0.2, 0.25) is 5.91 Å². The fourth-order valence-corrected chi connectivity index (χ4v) is 3.48. The predicted molar refractivity (Wildman–Crippen MR) is 117 cm³/mol. The molecule has 7 heteroatoms. The number of halogens is 1. The SMILES string of the molecule is CCOc1ccc(N2CC(CNC(=O)C(C)(C)Oc3ccc(Cl)cc3)CC2=O)cc1. The van der Waals surface area contributed by atoms with Crippen molar-refractivity contribution in [3.63, 3.8) is 0 Å². The van der Waals surface area contributed by atoms with Crippen LogP contribution in [0.2, 0.25) is 5.02 Å². The maximum atomic E-state index is 12.7. The smallest absolute Gasteiger partial charge is 0.263 e. The van der Waals surface area contributed by atoms with Crippen molar-refractivity contribution in [3.05, 3.63) is 53.6 Å². The van der Waals surface area contributed by atoms with Crippen LogP contribution in [0.25, 0.3) is 0 Å². The molecule has 1 N–H and O–H groups in total. The summed E-state index contributed by atoms with van der Waals surface area (Å²) in [4.78, 5) is 26.9. The van der Waals surface area contributed by atoms with Crippen LogP contribution in [0.1, 0.15) is 27.2 Å². The van der Waals surface area contributed by atoms with E-state index in [1.54, 1.807) is 43.0 Å². The first-order chi connectivity index (χ1) is 14.3. The number of benzene rings is 2. The molecule has 1 aliphatic rings. The molecule has 3 rings (SSSR count). The van der Waals surface area contributed by atoms with Crippen molar-refractivity contribution in [2.45, 2.75) is 32.8 Å². The minimum Gasteiger partial charge on any atom is -0.494 e. The van der Waals surface area contributed by atoms with E-state index in [1.165, 1.54) is 0 Å². The summed E-state index contributed by atoms with van der Waals surface area (Å²) in [7, 11) is 0. The third kappa shape index (κ3) is 5.45. The summed E-state index contributed by atoms with van der Waals surface area (Å²) in [5, 5.41) is 3.53. The molecule has 1 unspecified atom stereocenters. The van der Waals surface area contributed by atoms with Crippen molar-refractivity contribution in [3.8, 4) is 11.5 Å². The monoisotopic (exact) mass is 430 g/mol. The number of hydrogen-bond donors (Lipinski definition) is 1. The van der Waals surface area contributed by atoms with E-state index in [0.717, 1.165) is 11.4 Å². The van der Waals surface area contributed by atoms with Crippen molar-refractivity contribution < 1.29 is 19.1 Å². The highest BCUT2D eigenvalue weighted by molar-refractivity contribution is 6.30. The minimum absolute atomic E-state index is 0.0411. The first kappa shape index (κ1) is 22.0. The summed E-state index contributed by atoms with van der Waals surface area (Å²) in [5.41, 5.74) is -0.214. The van der Waals surface area contributed by atoms with E-state index in [-0.39, 0.29) is 17.7 Å². The predicted octanol–water partition coefficient (Wildman–Crippen LogP) is 4.07. The third-order valence-corrected chi connectivity index (χ3v) is 5.20. The Hall–Kier alpha value is -2.73. The molecule has 0 aliphatic carbocycles. The van der Waals surface area contributed by atoms with E-state index in [9.17, 15) is 9.59 Å². The molecule has 1 heterocycles. The molecule has 0 aromatic heterocycles. The maximum Gasteiger partial charge on any atom is 0.263 e. The molecular formula is C23H27ClN2O4. The molecular weight excluding hydrogens is 404 g/mol. The van der Waals surface area contributed by atoms with Gasteiger partial charge in [-0.1, -0.05) is 11.6 Å². The van der Waals surface area contributed by atoms with Crippen molar-refractivity contribution in [2.24, 2.45) is 5.92 Å². The van der Waals surface area contributed by atoms with E-state index < -0.39 is 5.60 Å². The second-order valence-corrected chi connectivity index (χ2v) is 8.21. The molecule has 1 atom stereocenters. The molecule has 0 radical (unpaired) electrons. The fraction of sp³-hybridized carbons (Fsp3) is 0.391. The Labute approximate surface area is 182 Å². The summed E-state index contributed by atoms with van der Waals surface area (Å²) >= 11 is 5.88. The van der Waals surface area contributed by atoms with Gasteiger partial charge in [0.05, 0.1) is 6.61 Å². The first-order valence-electron chi connectivity index (χ1n) is 10.0. The summed E-state index contributed by atoms with van der Waals surface area (Å²) in [5.74, 6) is 1.20. The molecule has 1 saturated heterocycles. The molecule has 2 aromatic carbocycles. The molecule has 0 bridgehead atoms. The Morgan fingerprint density at radius 2 is 1.77 bits per heavy atom. The lowest BCUT2D eigenvalue weighted by Crippen LogP contribution is -2.48. The van der Waals surface area contributed by atoms with Gasteiger partial charge in [-0.2, -0.15) is 0 Å². The van der Waals surface area contributed by atoms with Gasteiger partial charge in [0.25, 0.3) is 5.91 Å². The minimum atomic E-state index is -1.05. The van der Waals surface area contributed by atoms with Crippen molar-refractivity contribution in [2.75, 3.05) is 24.6 Å². The largest absolute Gasteiger partial charge is 0.494 e. The Kier molecular flexibility index (Phi) is 6.87. The molecule has 1 fully saturated rings. The van der Waals surface area contributed by atoms with E-state index in [4.69, 9.17) is 21.1 Å². The average Bonchev–Trinajstić information content (AvgIpc) is 3.09. The Balaban J connectivity index is 1.53. The van der Waals surface area contributed by atoms with Crippen molar-refractivity contribution in [1.82, 2.24) is 5.32 Å². The van der Waals surface area contributed by atoms with Crippen LogP contribution < -0.4 is 19.7 Å². The highest BCUT2D eigenvalue weighted by Crippen LogP contribution is 2.27. The molecule has 0 saturated carbocycles. The highest BCUT2D eigenvalue weighted by atomic mass is 35.5. The third-order valence-electron chi connectivity index (χ3n) is 4.95. The van der Waals surface area contributed by atoms with Crippen LogP contribution >= 0.6 is 11.6 Å². The van der Waals surface area contributed by atoms with E-state index in [0.29, 0.717) is 36.9 Å². The van der Waals surface area contributed by atoms with Crippen LogP contribution in [-0.4, -0.2) is 37.1 Å². The Morgan fingerprint density at radius 3 is 2.40 bits per heavy atom. The molecule has 160 valence electrons. The van der Waals surface area contributed by atoms with Crippen LogP contribution in [-0.2, 0) is 9.59 Å². The number of hydrogen-bond acceptors (Lipinski definition) is 4. The number of carbonyl (C=O) groups is 2. The zero-order valence-electron chi connectivity index (χ0n) is 17.5. The van der Waals surface area contributed by atoms with Crippen molar-refractivity contribution >= 4 is 29.1 Å². The van der Waals surface area contributed by atoms with Crippen LogP contribution in [0.4, 0.5) is 5.69 Å². The molecule has 0 spiro atoms. The topological polar surface area (TPSA) is 67.9 Å². The van der Waals surface area contributed by atoms with Gasteiger partial charge in [-0.25, -0.2) is 0 Å². The molecule has 2 amide bonds. The van der Waals surface area contributed by atoms with Gasteiger partial charge in [0, 0.05) is 36.1 Å². The molecule has 30 heavy (non-hydrogen) atoms. The number of amides is 2. The Bertz CT molecular complexity index is 881. The lowest BCUT2D eigenvalue weighted by atomic mass is 10.1. The summed E-state index contributed by atoms with van der Waals surface area (Å²) in [6.45, 7) is 6.92. The number of carbonyl (C=O) groups excluding carboxylic acids is 2. The van der Waals surface area contributed by atoms with Crippen molar-refractivity contribution in [1.29, 1.82) is 0 Å². The molecule has 1 aliphatic heterocycles. The van der Waals surface area contributed by atoms with Crippen LogP contribution in [0.3, 0.4) is 0 Å². The standard InChI is InChI=1S/C23H27ClN2O4/c1-4-29-19-11-7-18(8-12-19)26-15-16(13-21(26)27)14-25-22(28)23(2,3)30-20-9-5-17(24)6-10-20/h5-12,16H,4,13-15H2,1-3H3,(H,25,28). The molecule has 6 nitrogen and oxygen atoms in total. The number of ether oxygens (including phenoxy) is 2. The normalized spacial score (nSPS) is 16.5. The first-order valence-corrected chi connectivity index (χ1v) is 10.4. The van der Waals surface area contributed by atoms with E-state index in [1.807, 2.05) is 31.2 Å². The van der Waals surface area contributed by atoms with Gasteiger partial charge in [-0.05, 0) is 69.3 Å². The van der Waals surface area contributed by atoms with Crippen LogP contribution in [0, 0.1) is 5.92 Å². The lowest BCUT2D eigenvalue weighted by molar-refractivity contribution is -0.134. The van der Waals surface area contributed by atoms with Gasteiger partial charge in [0.1, 0.15) is 11.5 Å². The maximum absolute atomic E-state index is 12.7. The second kappa shape index (κ2) is 9.39. The summed E-state index contributed by atoms with van der Waals surface area (Å²) in [6, 6.07) is 14.4. The molecule has 2 aromatic rings. The fourth-order valence-electron chi connectivity index (χ4n) is 3.35. The van der Waals surface area contributed by atoms with Gasteiger partial charge in [-0.3, -0.25) is 9.59 Å². The van der Waals surface area contributed by atoms with Gasteiger partial charge in [-0.15, -0.1) is 0 Å². The van der Waals surface area contributed by atoms with E-state index >= 15 is 0 Å². The lowest BCUT2D eigenvalue weighted by Gasteiger charge is -2.26. The Morgan fingerprint density at radius 1 is 1.13 bits per heavy atom.